The number of hydrogen-bond acceptors (Lipinski definition) is 3. The fraction of sp³-hybridized carbons (Fsp3) is 0.529. The molecule has 116 valence electrons. The molecule has 1 N–H and O–H groups in total. The average molecular weight is 291 g/mol. The smallest absolute Gasteiger partial charge is 0.261 e. The zero-order valence-corrected chi connectivity index (χ0v) is 13.5. The molecule has 0 heterocycles. The van der Waals surface area contributed by atoms with Crippen molar-refractivity contribution in [3.8, 4) is 5.75 Å². The van der Waals surface area contributed by atoms with Crippen LogP contribution in [0.5, 0.6) is 5.75 Å². The van der Waals surface area contributed by atoms with Gasteiger partial charge in [0.15, 0.2) is 11.9 Å². The molecule has 0 saturated heterocycles. The van der Waals surface area contributed by atoms with Gasteiger partial charge in [-0.05, 0) is 51.5 Å². The number of hydrogen-bond donors (Lipinski definition) is 1. The zero-order chi connectivity index (χ0) is 16.0. The molecule has 0 aliphatic rings. The third kappa shape index (κ3) is 5.21. The fourth-order valence-corrected chi connectivity index (χ4v) is 1.70. The summed E-state index contributed by atoms with van der Waals surface area (Å²) >= 11 is 0. The van der Waals surface area contributed by atoms with Crippen molar-refractivity contribution in [3.63, 3.8) is 0 Å². The lowest BCUT2D eigenvalue weighted by atomic mass is 10.0. The van der Waals surface area contributed by atoms with E-state index in [2.05, 4.69) is 5.32 Å². The minimum absolute atomic E-state index is 0.0945. The summed E-state index contributed by atoms with van der Waals surface area (Å²) in [5.74, 6) is 0.534. The number of ketones is 1. The van der Waals surface area contributed by atoms with Crippen molar-refractivity contribution < 1.29 is 14.3 Å². The first-order chi connectivity index (χ1) is 9.79. The van der Waals surface area contributed by atoms with Crippen molar-refractivity contribution in [3.05, 3.63) is 29.8 Å². The lowest BCUT2D eigenvalue weighted by molar-refractivity contribution is -0.128. The minimum atomic E-state index is -0.580. The molecule has 0 aromatic heterocycles. The van der Waals surface area contributed by atoms with E-state index < -0.39 is 6.10 Å². The molecule has 0 aliphatic heterocycles. The van der Waals surface area contributed by atoms with Gasteiger partial charge in [0.2, 0.25) is 0 Å². The number of amides is 1. The van der Waals surface area contributed by atoms with Crippen molar-refractivity contribution in [2.75, 3.05) is 0 Å². The van der Waals surface area contributed by atoms with E-state index in [0.29, 0.717) is 17.7 Å². The Morgan fingerprint density at radius 3 is 2.24 bits per heavy atom. The standard InChI is InChI=1S/C17H25NO3/c1-6-15(19)13-8-10-14(11-9-13)21-12(3)16(20)18-17(4,5)7-2/h8-12H,6-7H2,1-5H3,(H,18,20). The highest BCUT2D eigenvalue weighted by Gasteiger charge is 2.22. The predicted molar refractivity (Wildman–Crippen MR) is 83.7 cm³/mol. The van der Waals surface area contributed by atoms with Crippen molar-refractivity contribution in [2.24, 2.45) is 0 Å². The van der Waals surface area contributed by atoms with Gasteiger partial charge in [-0.15, -0.1) is 0 Å². The molecule has 0 bridgehead atoms. The number of carbonyl (C=O) groups excluding carboxylic acids is 2. The first kappa shape index (κ1) is 17.2. The van der Waals surface area contributed by atoms with Gasteiger partial charge < -0.3 is 10.1 Å². The molecule has 0 radical (unpaired) electrons. The van der Waals surface area contributed by atoms with Crippen molar-refractivity contribution in [1.29, 1.82) is 0 Å². The average Bonchev–Trinajstić information content (AvgIpc) is 2.46. The predicted octanol–water partition coefficient (Wildman–Crippen LogP) is 3.35. The summed E-state index contributed by atoms with van der Waals surface area (Å²) in [6.45, 7) is 9.52. The summed E-state index contributed by atoms with van der Waals surface area (Å²) in [5, 5.41) is 2.95. The largest absolute Gasteiger partial charge is 0.481 e. The van der Waals surface area contributed by atoms with Gasteiger partial charge in [0, 0.05) is 17.5 Å². The number of nitrogens with one attached hydrogen (secondary N) is 1. The topological polar surface area (TPSA) is 55.4 Å². The lowest BCUT2D eigenvalue weighted by Crippen LogP contribution is -2.48. The van der Waals surface area contributed by atoms with Gasteiger partial charge in [0.05, 0.1) is 0 Å². The van der Waals surface area contributed by atoms with Crippen molar-refractivity contribution in [2.45, 2.75) is 59.1 Å². The third-order valence-corrected chi connectivity index (χ3v) is 3.52. The Morgan fingerprint density at radius 1 is 1.19 bits per heavy atom. The number of benzene rings is 1. The van der Waals surface area contributed by atoms with Crippen LogP contribution in [0.25, 0.3) is 0 Å². The van der Waals surface area contributed by atoms with Gasteiger partial charge in [0.25, 0.3) is 5.91 Å². The van der Waals surface area contributed by atoms with Gasteiger partial charge in [-0.3, -0.25) is 9.59 Å². The fourth-order valence-electron chi connectivity index (χ4n) is 1.70. The number of ether oxygens (including phenoxy) is 1. The summed E-state index contributed by atoms with van der Waals surface area (Å²) in [7, 11) is 0. The summed E-state index contributed by atoms with van der Waals surface area (Å²) in [6, 6.07) is 6.89. The number of carbonyl (C=O) groups is 2. The maximum absolute atomic E-state index is 12.1. The molecule has 0 fully saturated rings. The van der Waals surface area contributed by atoms with Gasteiger partial charge in [-0.25, -0.2) is 0 Å². The van der Waals surface area contributed by atoms with Crippen LogP contribution in [-0.4, -0.2) is 23.3 Å². The maximum atomic E-state index is 12.1. The van der Waals surface area contributed by atoms with Gasteiger partial charge in [-0.1, -0.05) is 13.8 Å². The van der Waals surface area contributed by atoms with Crippen LogP contribution >= 0.6 is 0 Å². The summed E-state index contributed by atoms with van der Waals surface area (Å²) in [6.07, 6.45) is 0.744. The Balaban J connectivity index is 2.64. The van der Waals surface area contributed by atoms with E-state index in [0.717, 1.165) is 6.42 Å². The highest BCUT2D eigenvalue weighted by molar-refractivity contribution is 5.95. The number of rotatable bonds is 7. The molecule has 1 rings (SSSR count). The first-order valence-corrected chi connectivity index (χ1v) is 7.41. The number of Topliss-reactive ketones (excluding diaryl/α,β-unsaturated/α-hetero) is 1. The van der Waals surface area contributed by atoms with E-state index in [4.69, 9.17) is 4.74 Å². The molecular weight excluding hydrogens is 266 g/mol. The Hall–Kier alpha value is -1.84. The zero-order valence-electron chi connectivity index (χ0n) is 13.5. The molecule has 4 nitrogen and oxygen atoms in total. The second kappa shape index (κ2) is 7.25. The van der Waals surface area contributed by atoms with Crippen LogP contribution in [0.2, 0.25) is 0 Å². The van der Waals surface area contributed by atoms with E-state index in [-0.39, 0.29) is 17.2 Å². The molecule has 1 aromatic carbocycles. The van der Waals surface area contributed by atoms with Crippen molar-refractivity contribution >= 4 is 11.7 Å². The van der Waals surface area contributed by atoms with Gasteiger partial charge in [0.1, 0.15) is 5.75 Å². The van der Waals surface area contributed by atoms with E-state index >= 15 is 0 Å². The molecule has 1 amide bonds. The molecule has 0 aliphatic carbocycles. The van der Waals surface area contributed by atoms with E-state index in [1.165, 1.54) is 0 Å². The van der Waals surface area contributed by atoms with Gasteiger partial charge in [-0.2, -0.15) is 0 Å². The second-order valence-electron chi connectivity index (χ2n) is 5.79. The Kier molecular flexibility index (Phi) is 5.94. The lowest BCUT2D eigenvalue weighted by Gasteiger charge is -2.26. The van der Waals surface area contributed by atoms with Gasteiger partial charge >= 0.3 is 0 Å². The molecule has 0 spiro atoms. The minimum Gasteiger partial charge on any atom is -0.481 e. The van der Waals surface area contributed by atoms with E-state index in [9.17, 15) is 9.59 Å². The Labute approximate surface area is 126 Å². The molecule has 21 heavy (non-hydrogen) atoms. The highest BCUT2D eigenvalue weighted by Crippen LogP contribution is 2.16. The van der Waals surface area contributed by atoms with Crippen LogP contribution in [0.1, 0.15) is 57.8 Å². The van der Waals surface area contributed by atoms with Crippen LogP contribution in [0.4, 0.5) is 0 Å². The monoisotopic (exact) mass is 291 g/mol. The van der Waals surface area contributed by atoms with Crippen LogP contribution < -0.4 is 10.1 Å². The van der Waals surface area contributed by atoms with E-state index in [1.807, 2.05) is 27.7 Å². The van der Waals surface area contributed by atoms with Crippen LogP contribution in [0.15, 0.2) is 24.3 Å². The molecule has 4 heteroatoms. The first-order valence-electron chi connectivity index (χ1n) is 7.41. The quantitative estimate of drug-likeness (QED) is 0.784. The summed E-state index contributed by atoms with van der Waals surface area (Å²) in [4.78, 5) is 23.6. The second-order valence-corrected chi connectivity index (χ2v) is 5.79. The van der Waals surface area contributed by atoms with Crippen LogP contribution in [0.3, 0.4) is 0 Å². The molecule has 1 atom stereocenters. The SMILES string of the molecule is CCC(=O)c1ccc(OC(C)C(=O)NC(C)(C)CC)cc1. The normalized spacial score (nSPS) is 12.6. The van der Waals surface area contributed by atoms with Crippen LogP contribution in [-0.2, 0) is 4.79 Å². The van der Waals surface area contributed by atoms with Crippen molar-refractivity contribution in [1.82, 2.24) is 5.32 Å². The van der Waals surface area contributed by atoms with Crippen LogP contribution in [0, 0.1) is 0 Å². The molecule has 1 aromatic rings. The maximum Gasteiger partial charge on any atom is 0.261 e. The third-order valence-electron chi connectivity index (χ3n) is 3.52. The Bertz CT molecular complexity index is 491. The molecular formula is C17H25NO3. The summed E-state index contributed by atoms with van der Waals surface area (Å²) in [5.41, 5.74) is 0.417. The highest BCUT2D eigenvalue weighted by atomic mass is 16.5. The Morgan fingerprint density at radius 2 is 1.76 bits per heavy atom. The van der Waals surface area contributed by atoms with E-state index in [1.54, 1.807) is 31.2 Å². The molecule has 0 saturated carbocycles. The molecule has 1 unspecified atom stereocenters. The summed E-state index contributed by atoms with van der Waals surface area (Å²) < 4.78 is 5.61.